The van der Waals surface area contributed by atoms with E-state index in [9.17, 15) is 4.79 Å². The van der Waals surface area contributed by atoms with Crippen LogP contribution in [0.2, 0.25) is 0 Å². The molecule has 0 saturated carbocycles. The first-order valence-corrected chi connectivity index (χ1v) is 6.23. The Labute approximate surface area is 139 Å². The van der Waals surface area contributed by atoms with Gasteiger partial charge >= 0.3 is 0 Å². The van der Waals surface area contributed by atoms with Crippen LogP contribution in [0.1, 0.15) is 30.9 Å². The SMILES string of the molecule is CCN1C(=O)CC[C-]=C1c1ccc(OC)cc1C.[Y]. The monoisotopic (exact) mass is 333 g/mol. The molecule has 0 unspecified atom stereocenters. The molecule has 0 saturated heterocycles. The van der Waals surface area contributed by atoms with Gasteiger partial charge in [-0.05, 0) is 19.1 Å². The summed E-state index contributed by atoms with van der Waals surface area (Å²) in [6, 6.07) is 5.90. The topological polar surface area (TPSA) is 29.5 Å². The molecule has 3 nitrogen and oxygen atoms in total. The van der Waals surface area contributed by atoms with Crippen LogP contribution >= 0.6 is 0 Å². The zero-order valence-electron chi connectivity index (χ0n) is 11.7. The summed E-state index contributed by atoms with van der Waals surface area (Å²) in [6.45, 7) is 4.70. The maximum absolute atomic E-state index is 11.9. The average molecular weight is 333 g/mol. The van der Waals surface area contributed by atoms with Gasteiger partial charge in [0.1, 0.15) is 5.75 Å². The van der Waals surface area contributed by atoms with E-state index in [-0.39, 0.29) is 38.6 Å². The smallest absolute Gasteiger partial charge is 0.223 e. The maximum atomic E-state index is 11.9. The van der Waals surface area contributed by atoms with Gasteiger partial charge in [-0.2, -0.15) is 0 Å². The van der Waals surface area contributed by atoms with Crippen LogP contribution in [0.25, 0.3) is 5.70 Å². The minimum absolute atomic E-state index is 0. The second-order valence-electron chi connectivity index (χ2n) is 4.34. The fourth-order valence-electron chi connectivity index (χ4n) is 2.25. The molecule has 1 aromatic carbocycles. The molecule has 0 N–H and O–H groups in total. The number of carbonyl (C=O) groups is 1. The van der Waals surface area contributed by atoms with Gasteiger partial charge in [0.2, 0.25) is 5.91 Å². The first-order valence-electron chi connectivity index (χ1n) is 6.23. The van der Waals surface area contributed by atoms with Crippen LogP contribution in [0, 0.1) is 13.0 Å². The molecule has 19 heavy (non-hydrogen) atoms. The molecule has 0 aliphatic carbocycles. The van der Waals surface area contributed by atoms with Crippen molar-refractivity contribution in [3.05, 3.63) is 35.4 Å². The Bertz CT molecular complexity index is 497. The van der Waals surface area contributed by atoms with E-state index in [1.165, 1.54) is 0 Å². The van der Waals surface area contributed by atoms with Gasteiger partial charge in [-0.25, -0.2) is 6.08 Å². The van der Waals surface area contributed by atoms with E-state index in [0.717, 1.165) is 22.6 Å². The van der Waals surface area contributed by atoms with Crippen molar-refractivity contribution in [2.24, 2.45) is 0 Å². The van der Waals surface area contributed by atoms with Gasteiger partial charge < -0.3 is 9.64 Å². The molecule has 0 fully saturated rings. The molecule has 99 valence electrons. The number of methoxy groups -OCH3 is 1. The fourth-order valence-corrected chi connectivity index (χ4v) is 2.25. The standard InChI is InChI=1S/C15H18NO2.Y/c1-4-16-14(6-5-7-15(16)17)13-9-8-12(18-3)10-11(13)2;/h8-10H,4-5,7H2,1-3H3;/q-1;. The van der Waals surface area contributed by atoms with Gasteiger partial charge in [0.05, 0.1) is 7.11 Å². The van der Waals surface area contributed by atoms with Gasteiger partial charge in [0.15, 0.2) is 0 Å². The molecule has 2 rings (SSSR count). The normalized spacial score (nSPS) is 14.8. The summed E-state index contributed by atoms with van der Waals surface area (Å²) in [4.78, 5) is 13.7. The van der Waals surface area contributed by atoms with E-state index in [0.29, 0.717) is 19.4 Å². The zero-order chi connectivity index (χ0) is 13.1. The number of amides is 1. The third-order valence-electron chi connectivity index (χ3n) is 3.21. The van der Waals surface area contributed by atoms with E-state index in [1.807, 2.05) is 32.0 Å². The number of hydrogen-bond acceptors (Lipinski definition) is 2. The minimum atomic E-state index is 0. The molecule has 1 amide bonds. The minimum Gasteiger partial charge on any atom is -0.497 e. The molecule has 4 heteroatoms. The van der Waals surface area contributed by atoms with Gasteiger partial charge in [-0.3, -0.25) is 4.79 Å². The molecule has 1 aromatic rings. The summed E-state index contributed by atoms with van der Waals surface area (Å²) in [5.74, 6) is 1.02. The van der Waals surface area contributed by atoms with Crippen LogP contribution in [0.4, 0.5) is 0 Å². The molecule has 1 aliphatic rings. The summed E-state index contributed by atoms with van der Waals surface area (Å²) in [5.41, 5.74) is 3.07. The predicted molar refractivity (Wildman–Crippen MR) is 71.0 cm³/mol. The Kier molecular flexibility index (Phi) is 6.22. The zero-order valence-corrected chi connectivity index (χ0v) is 14.5. The van der Waals surface area contributed by atoms with E-state index < -0.39 is 0 Å². The van der Waals surface area contributed by atoms with Crippen molar-refractivity contribution in [2.45, 2.75) is 26.7 Å². The van der Waals surface area contributed by atoms with Crippen LogP contribution in [0.5, 0.6) is 5.75 Å². The summed E-state index contributed by atoms with van der Waals surface area (Å²) in [7, 11) is 1.66. The quantitative estimate of drug-likeness (QED) is 0.796. The van der Waals surface area contributed by atoms with E-state index >= 15 is 0 Å². The van der Waals surface area contributed by atoms with Crippen molar-refractivity contribution in [3.8, 4) is 5.75 Å². The van der Waals surface area contributed by atoms with Crippen molar-refractivity contribution in [2.75, 3.05) is 13.7 Å². The maximum Gasteiger partial charge on any atom is 0.223 e. The number of benzene rings is 1. The Morgan fingerprint density at radius 1 is 1.42 bits per heavy atom. The molecule has 0 bridgehead atoms. The average Bonchev–Trinajstić information content (AvgIpc) is 2.38. The fraction of sp³-hybridized carbons (Fsp3) is 0.400. The van der Waals surface area contributed by atoms with E-state index in [4.69, 9.17) is 4.74 Å². The predicted octanol–water partition coefficient (Wildman–Crippen LogP) is 2.79. The first-order chi connectivity index (χ1) is 8.67. The third-order valence-corrected chi connectivity index (χ3v) is 3.21. The summed E-state index contributed by atoms with van der Waals surface area (Å²) >= 11 is 0. The van der Waals surface area contributed by atoms with Crippen LogP contribution in [-0.2, 0) is 37.5 Å². The first kappa shape index (κ1) is 16.4. The number of carbonyl (C=O) groups excluding carboxylic acids is 1. The Hall–Kier alpha value is -0.666. The third kappa shape index (κ3) is 3.46. The molecule has 1 aliphatic heterocycles. The number of hydrogen-bond donors (Lipinski definition) is 0. The van der Waals surface area contributed by atoms with Crippen molar-refractivity contribution < 1.29 is 42.2 Å². The Balaban J connectivity index is 0.00000180. The van der Waals surface area contributed by atoms with Gasteiger partial charge in [-0.15, -0.1) is 29.3 Å². The Morgan fingerprint density at radius 2 is 2.16 bits per heavy atom. The van der Waals surface area contributed by atoms with Crippen molar-refractivity contribution in [1.82, 2.24) is 4.90 Å². The Morgan fingerprint density at radius 3 is 2.74 bits per heavy atom. The molecular formula is C15H18NO2Y-. The second kappa shape index (κ2) is 7.21. The van der Waals surface area contributed by atoms with Crippen LogP contribution in [0.3, 0.4) is 0 Å². The summed E-state index contributed by atoms with van der Waals surface area (Å²) in [5, 5.41) is 0. The molecule has 0 atom stereocenters. The van der Waals surface area contributed by atoms with Crippen LogP contribution < -0.4 is 4.74 Å². The van der Waals surface area contributed by atoms with Crippen molar-refractivity contribution in [1.29, 1.82) is 0 Å². The number of nitrogens with zero attached hydrogens (tertiary/aromatic N) is 1. The number of rotatable bonds is 3. The van der Waals surface area contributed by atoms with Gasteiger partial charge in [-0.1, -0.05) is 6.92 Å². The molecule has 0 aromatic heterocycles. The van der Waals surface area contributed by atoms with Gasteiger partial charge in [0, 0.05) is 45.7 Å². The summed E-state index contributed by atoms with van der Waals surface area (Å²) in [6.07, 6.45) is 4.59. The largest absolute Gasteiger partial charge is 0.497 e. The van der Waals surface area contributed by atoms with Gasteiger partial charge in [0.25, 0.3) is 0 Å². The molecular weight excluding hydrogens is 315 g/mol. The molecule has 1 radical (unpaired) electrons. The van der Waals surface area contributed by atoms with Crippen LogP contribution in [0.15, 0.2) is 18.2 Å². The second-order valence-corrected chi connectivity index (χ2v) is 4.34. The van der Waals surface area contributed by atoms with E-state index in [2.05, 4.69) is 6.08 Å². The summed E-state index contributed by atoms with van der Waals surface area (Å²) < 4.78 is 5.20. The van der Waals surface area contributed by atoms with Crippen molar-refractivity contribution in [3.63, 3.8) is 0 Å². The molecule has 0 spiro atoms. The number of allylic oxidation sites excluding steroid dienone is 1. The van der Waals surface area contributed by atoms with E-state index in [1.54, 1.807) is 12.0 Å². The number of ether oxygens (including phenoxy) is 1. The van der Waals surface area contributed by atoms with Crippen molar-refractivity contribution >= 4 is 11.6 Å². The van der Waals surface area contributed by atoms with Crippen LogP contribution in [-0.4, -0.2) is 24.5 Å². The molecule has 1 heterocycles. The number of aryl methyl sites for hydroxylation is 1.